The highest BCUT2D eigenvalue weighted by molar-refractivity contribution is 5.77. The maximum absolute atomic E-state index is 12.1. The molecule has 1 heterocycles. The SMILES string of the molecule is CCCCCCCCCCCCC1CC(c2ccccc2)CC(=O)N1O. The van der Waals surface area contributed by atoms with E-state index in [9.17, 15) is 10.0 Å². The van der Waals surface area contributed by atoms with Crippen LogP contribution < -0.4 is 0 Å². The van der Waals surface area contributed by atoms with Gasteiger partial charge in [-0.2, -0.15) is 0 Å². The molecule has 0 radical (unpaired) electrons. The lowest BCUT2D eigenvalue weighted by Gasteiger charge is -2.35. The van der Waals surface area contributed by atoms with Gasteiger partial charge >= 0.3 is 0 Å². The van der Waals surface area contributed by atoms with Gasteiger partial charge in [0, 0.05) is 6.42 Å². The molecule has 1 fully saturated rings. The first-order valence-corrected chi connectivity index (χ1v) is 10.8. The van der Waals surface area contributed by atoms with Crippen LogP contribution >= 0.6 is 0 Å². The van der Waals surface area contributed by atoms with Crippen molar-refractivity contribution in [1.29, 1.82) is 0 Å². The fourth-order valence-electron chi connectivity index (χ4n) is 4.11. The second-order valence-electron chi connectivity index (χ2n) is 7.91. The standard InChI is InChI=1S/C23H37NO2/c1-2-3-4-5-6-7-8-9-10-14-17-22-18-21(19-23(25)24(22)26)20-15-12-11-13-16-20/h11-13,15-16,21-22,26H,2-10,14,17-19H2,1H3. The van der Waals surface area contributed by atoms with Gasteiger partial charge in [0.15, 0.2) is 0 Å². The molecular weight excluding hydrogens is 322 g/mol. The summed E-state index contributed by atoms with van der Waals surface area (Å²) in [6, 6.07) is 10.2. The molecule has 1 saturated heterocycles. The zero-order chi connectivity index (χ0) is 18.6. The molecule has 1 amide bonds. The average Bonchev–Trinajstić information content (AvgIpc) is 2.67. The molecule has 2 unspecified atom stereocenters. The molecule has 3 heteroatoms. The van der Waals surface area contributed by atoms with Crippen LogP contribution in [0.5, 0.6) is 0 Å². The topological polar surface area (TPSA) is 40.5 Å². The van der Waals surface area contributed by atoms with E-state index < -0.39 is 0 Å². The van der Waals surface area contributed by atoms with Crippen LogP contribution in [0.3, 0.4) is 0 Å². The first kappa shape index (κ1) is 21.0. The van der Waals surface area contributed by atoms with Gasteiger partial charge in [-0.25, -0.2) is 5.06 Å². The third-order valence-electron chi connectivity index (χ3n) is 5.74. The quantitative estimate of drug-likeness (QED) is 0.343. The van der Waals surface area contributed by atoms with Gasteiger partial charge in [0.05, 0.1) is 6.04 Å². The zero-order valence-electron chi connectivity index (χ0n) is 16.5. The number of nitrogens with zero attached hydrogens (tertiary/aromatic N) is 1. The van der Waals surface area contributed by atoms with Gasteiger partial charge < -0.3 is 0 Å². The van der Waals surface area contributed by atoms with Crippen LogP contribution in [0, 0.1) is 0 Å². The van der Waals surface area contributed by atoms with E-state index in [1.165, 1.54) is 63.4 Å². The monoisotopic (exact) mass is 359 g/mol. The van der Waals surface area contributed by atoms with Crippen LogP contribution in [0.4, 0.5) is 0 Å². The van der Waals surface area contributed by atoms with E-state index in [2.05, 4.69) is 19.1 Å². The highest BCUT2D eigenvalue weighted by atomic mass is 16.5. The van der Waals surface area contributed by atoms with Crippen molar-refractivity contribution in [3.8, 4) is 0 Å². The van der Waals surface area contributed by atoms with E-state index in [0.29, 0.717) is 6.42 Å². The van der Waals surface area contributed by atoms with E-state index in [0.717, 1.165) is 24.3 Å². The molecule has 26 heavy (non-hydrogen) atoms. The predicted octanol–water partition coefficient (Wildman–Crippen LogP) is 6.46. The molecule has 2 atom stereocenters. The lowest BCUT2D eigenvalue weighted by Crippen LogP contribution is -2.43. The van der Waals surface area contributed by atoms with Crippen LogP contribution in [-0.4, -0.2) is 22.2 Å². The van der Waals surface area contributed by atoms with E-state index in [1.54, 1.807) is 0 Å². The van der Waals surface area contributed by atoms with Gasteiger partial charge in [-0.15, -0.1) is 0 Å². The van der Waals surface area contributed by atoms with Crippen LogP contribution in [-0.2, 0) is 4.79 Å². The maximum atomic E-state index is 12.1. The summed E-state index contributed by atoms with van der Waals surface area (Å²) in [5, 5.41) is 11.2. The Morgan fingerprint density at radius 1 is 0.923 bits per heavy atom. The number of unbranched alkanes of at least 4 members (excludes halogenated alkanes) is 9. The summed E-state index contributed by atoms with van der Waals surface area (Å²) in [6.45, 7) is 2.26. The normalized spacial score (nSPS) is 20.5. The van der Waals surface area contributed by atoms with Gasteiger partial charge in [0.25, 0.3) is 0 Å². The lowest BCUT2D eigenvalue weighted by molar-refractivity contribution is -0.184. The van der Waals surface area contributed by atoms with Crippen molar-refractivity contribution in [3.05, 3.63) is 35.9 Å². The summed E-state index contributed by atoms with van der Waals surface area (Å²) >= 11 is 0. The van der Waals surface area contributed by atoms with Gasteiger partial charge in [-0.3, -0.25) is 10.0 Å². The molecule has 0 bridgehead atoms. The predicted molar refractivity (Wildman–Crippen MR) is 107 cm³/mol. The summed E-state index contributed by atoms with van der Waals surface area (Å²) in [6.07, 6.45) is 15.3. The third-order valence-corrected chi connectivity index (χ3v) is 5.74. The third kappa shape index (κ3) is 7.11. The minimum absolute atomic E-state index is 0.0181. The van der Waals surface area contributed by atoms with Gasteiger partial charge in [0.1, 0.15) is 0 Å². The number of carbonyl (C=O) groups excluding carboxylic acids is 1. The molecule has 3 nitrogen and oxygen atoms in total. The van der Waals surface area contributed by atoms with Gasteiger partial charge in [-0.1, -0.05) is 101 Å². The number of amides is 1. The Hall–Kier alpha value is -1.35. The summed E-state index contributed by atoms with van der Waals surface area (Å²) in [4.78, 5) is 12.1. The molecular formula is C23H37NO2. The molecule has 1 aliphatic rings. The van der Waals surface area contributed by atoms with Crippen molar-refractivity contribution < 1.29 is 10.0 Å². The molecule has 1 aromatic rings. The zero-order valence-corrected chi connectivity index (χ0v) is 16.5. The minimum atomic E-state index is -0.123. The number of piperidine rings is 1. The van der Waals surface area contributed by atoms with Gasteiger partial charge in [-0.05, 0) is 24.3 Å². The number of hydroxylamine groups is 2. The minimum Gasteiger partial charge on any atom is -0.286 e. The molecule has 1 aliphatic heterocycles. The Kier molecular flexibility index (Phi) is 9.76. The van der Waals surface area contributed by atoms with E-state index in [4.69, 9.17) is 0 Å². The summed E-state index contributed by atoms with van der Waals surface area (Å²) in [7, 11) is 0. The number of benzene rings is 1. The first-order valence-electron chi connectivity index (χ1n) is 10.8. The average molecular weight is 360 g/mol. The Morgan fingerprint density at radius 2 is 1.50 bits per heavy atom. The fraction of sp³-hybridized carbons (Fsp3) is 0.696. The van der Waals surface area contributed by atoms with Crippen molar-refractivity contribution in [1.82, 2.24) is 5.06 Å². The van der Waals surface area contributed by atoms with E-state index >= 15 is 0 Å². The van der Waals surface area contributed by atoms with Crippen LogP contribution in [0.25, 0.3) is 0 Å². The highest BCUT2D eigenvalue weighted by Crippen LogP contribution is 2.33. The lowest BCUT2D eigenvalue weighted by atomic mass is 9.84. The summed E-state index contributed by atoms with van der Waals surface area (Å²) in [5.74, 6) is 0.127. The van der Waals surface area contributed by atoms with Crippen molar-refractivity contribution >= 4 is 5.91 Å². The molecule has 0 saturated carbocycles. The highest BCUT2D eigenvalue weighted by Gasteiger charge is 2.33. The van der Waals surface area contributed by atoms with E-state index in [-0.39, 0.29) is 17.9 Å². The molecule has 0 aromatic heterocycles. The fourth-order valence-corrected chi connectivity index (χ4v) is 4.11. The van der Waals surface area contributed by atoms with Crippen molar-refractivity contribution in [2.75, 3.05) is 0 Å². The molecule has 1 aromatic carbocycles. The second-order valence-corrected chi connectivity index (χ2v) is 7.91. The van der Waals surface area contributed by atoms with Crippen molar-refractivity contribution in [2.45, 2.75) is 102 Å². The van der Waals surface area contributed by atoms with Crippen LogP contribution in [0.15, 0.2) is 30.3 Å². The Bertz CT molecular complexity index is 502. The smallest absolute Gasteiger partial charge is 0.246 e. The molecule has 146 valence electrons. The second kappa shape index (κ2) is 12.1. The summed E-state index contributed by atoms with van der Waals surface area (Å²) < 4.78 is 0. The molecule has 1 N–H and O–H groups in total. The Balaban J connectivity index is 1.62. The van der Waals surface area contributed by atoms with Crippen molar-refractivity contribution in [3.63, 3.8) is 0 Å². The number of hydrogen-bond donors (Lipinski definition) is 1. The maximum Gasteiger partial charge on any atom is 0.246 e. The van der Waals surface area contributed by atoms with Crippen molar-refractivity contribution in [2.24, 2.45) is 0 Å². The van der Waals surface area contributed by atoms with Gasteiger partial charge in [0.2, 0.25) is 5.91 Å². The largest absolute Gasteiger partial charge is 0.286 e. The molecule has 2 rings (SSSR count). The first-order chi connectivity index (χ1) is 12.7. The Morgan fingerprint density at radius 3 is 2.12 bits per heavy atom. The number of carbonyl (C=O) groups is 1. The van der Waals surface area contributed by atoms with E-state index in [1.807, 2.05) is 18.2 Å². The molecule has 0 aliphatic carbocycles. The molecule has 0 spiro atoms. The number of rotatable bonds is 12. The van der Waals surface area contributed by atoms with Crippen LogP contribution in [0.2, 0.25) is 0 Å². The number of hydrogen-bond acceptors (Lipinski definition) is 2. The Labute approximate surface area is 159 Å². The summed E-state index contributed by atoms with van der Waals surface area (Å²) in [5.41, 5.74) is 1.22. The van der Waals surface area contributed by atoms with Crippen LogP contribution in [0.1, 0.15) is 102 Å².